The Balaban J connectivity index is 3.53. The number of hydrogen-bond acceptors (Lipinski definition) is 6. The molecular formula is C9H8F2N2O5. The van der Waals surface area contributed by atoms with Crippen LogP contribution in [0.5, 0.6) is 5.88 Å². The van der Waals surface area contributed by atoms with Crippen LogP contribution in [-0.4, -0.2) is 30.1 Å². The largest absolute Gasteiger partial charge is 0.480 e. The van der Waals surface area contributed by atoms with Crippen molar-refractivity contribution in [3.63, 3.8) is 0 Å². The van der Waals surface area contributed by atoms with E-state index in [4.69, 9.17) is 0 Å². The average molecular weight is 262 g/mol. The van der Waals surface area contributed by atoms with Gasteiger partial charge in [0.25, 0.3) is 12.1 Å². The Morgan fingerprint density at radius 1 is 1.50 bits per heavy atom. The first kappa shape index (κ1) is 13.7. The van der Waals surface area contributed by atoms with Gasteiger partial charge in [-0.3, -0.25) is 10.1 Å². The molecule has 0 aliphatic carbocycles. The lowest BCUT2D eigenvalue weighted by atomic mass is 10.2. The second-order valence-electron chi connectivity index (χ2n) is 3.00. The number of nitrogens with zero attached hydrogens (tertiary/aromatic N) is 2. The van der Waals surface area contributed by atoms with Crippen molar-refractivity contribution < 1.29 is 28.0 Å². The summed E-state index contributed by atoms with van der Waals surface area (Å²) in [6, 6.07) is 0.621. The van der Waals surface area contributed by atoms with Gasteiger partial charge in [0.2, 0.25) is 5.88 Å². The summed E-state index contributed by atoms with van der Waals surface area (Å²) in [5, 5.41) is 10.7. The average Bonchev–Trinajstić information content (AvgIpc) is 2.35. The van der Waals surface area contributed by atoms with E-state index in [9.17, 15) is 23.7 Å². The van der Waals surface area contributed by atoms with Crippen LogP contribution in [0.4, 0.5) is 14.5 Å². The summed E-state index contributed by atoms with van der Waals surface area (Å²) in [5.74, 6) is -1.67. The molecule has 0 saturated heterocycles. The Hall–Kier alpha value is -2.32. The number of ether oxygens (including phenoxy) is 2. The van der Waals surface area contributed by atoms with Gasteiger partial charge < -0.3 is 9.47 Å². The van der Waals surface area contributed by atoms with Crippen LogP contribution in [-0.2, 0) is 4.74 Å². The molecule has 7 nitrogen and oxygen atoms in total. The third-order valence-electron chi connectivity index (χ3n) is 2.00. The fourth-order valence-electron chi connectivity index (χ4n) is 1.24. The zero-order valence-corrected chi connectivity index (χ0v) is 9.35. The molecule has 98 valence electrons. The van der Waals surface area contributed by atoms with Crippen LogP contribution < -0.4 is 4.74 Å². The molecule has 1 aromatic rings. The van der Waals surface area contributed by atoms with E-state index >= 15 is 0 Å². The molecule has 18 heavy (non-hydrogen) atoms. The number of carbonyl (C=O) groups is 1. The highest BCUT2D eigenvalue weighted by Gasteiger charge is 2.30. The molecule has 1 rings (SSSR count). The third kappa shape index (κ3) is 2.50. The van der Waals surface area contributed by atoms with Gasteiger partial charge in [-0.05, 0) is 0 Å². The summed E-state index contributed by atoms with van der Waals surface area (Å²) in [6.45, 7) is 0. The second kappa shape index (κ2) is 5.34. The lowest BCUT2D eigenvalue weighted by Gasteiger charge is -2.08. The first-order valence-electron chi connectivity index (χ1n) is 4.52. The Morgan fingerprint density at radius 2 is 2.11 bits per heavy atom. The van der Waals surface area contributed by atoms with Crippen molar-refractivity contribution in [2.45, 2.75) is 6.43 Å². The van der Waals surface area contributed by atoms with Gasteiger partial charge in [-0.15, -0.1) is 0 Å². The van der Waals surface area contributed by atoms with Gasteiger partial charge in [-0.2, -0.15) is 0 Å². The quantitative estimate of drug-likeness (QED) is 0.466. The van der Waals surface area contributed by atoms with Crippen LogP contribution in [0.25, 0.3) is 0 Å². The smallest absolute Gasteiger partial charge is 0.357 e. The molecule has 0 bridgehead atoms. The van der Waals surface area contributed by atoms with Crippen molar-refractivity contribution in [2.75, 3.05) is 14.2 Å². The number of carbonyl (C=O) groups excluding carboxylic acids is 1. The topological polar surface area (TPSA) is 91.6 Å². The number of nitro groups is 1. The maximum Gasteiger partial charge on any atom is 0.357 e. The standard InChI is InChI=1S/C9H8F2N2O5/c1-17-8-6(7(10)11)5(13(15)16)3-4(12-8)9(14)18-2/h3,7H,1-2H3. The highest BCUT2D eigenvalue weighted by atomic mass is 19.3. The van der Waals surface area contributed by atoms with Gasteiger partial charge in [0.05, 0.1) is 19.1 Å². The van der Waals surface area contributed by atoms with E-state index in [1.54, 1.807) is 0 Å². The lowest BCUT2D eigenvalue weighted by molar-refractivity contribution is -0.386. The van der Waals surface area contributed by atoms with E-state index in [2.05, 4.69) is 14.5 Å². The summed E-state index contributed by atoms with van der Waals surface area (Å²) in [4.78, 5) is 24.3. The zero-order chi connectivity index (χ0) is 13.9. The number of pyridine rings is 1. The molecular weight excluding hydrogens is 254 g/mol. The Morgan fingerprint density at radius 3 is 2.50 bits per heavy atom. The molecule has 0 unspecified atom stereocenters. The van der Waals surface area contributed by atoms with Gasteiger partial charge in [-0.1, -0.05) is 0 Å². The van der Waals surface area contributed by atoms with E-state index in [1.807, 2.05) is 0 Å². The summed E-state index contributed by atoms with van der Waals surface area (Å²) in [7, 11) is 2.04. The second-order valence-corrected chi connectivity index (χ2v) is 3.00. The van der Waals surface area contributed by atoms with Gasteiger partial charge in [0.1, 0.15) is 0 Å². The molecule has 1 heterocycles. The highest BCUT2D eigenvalue weighted by Crippen LogP contribution is 2.36. The summed E-state index contributed by atoms with van der Waals surface area (Å²) in [6.07, 6.45) is -3.15. The molecule has 1 aromatic heterocycles. The summed E-state index contributed by atoms with van der Waals surface area (Å²) >= 11 is 0. The molecule has 0 fully saturated rings. The minimum atomic E-state index is -3.15. The number of halogens is 2. The minimum Gasteiger partial charge on any atom is -0.480 e. The number of methoxy groups -OCH3 is 2. The van der Waals surface area contributed by atoms with Gasteiger partial charge >= 0.3 is 5.97 Å². The Bertz CT molecular complexity index is 492. The van der Waals surface area contributed by atoms with E-state index in [0.717, 1.165) is 14.2 Å². The monoisotopic (exact) mass is 262 g/mol. The molecule has 0 radical (unpaired) electrons. The van der Waals surface area contributed by atoms with Gasteiger partial charge in [0.15, 0.2) is 11.3 Å². The lowest BCUT2D eigenvalue weighted by Crippen LogP contribution is -2.09. The maximum atomic E-state index is 12.7. The molecule has 0 amide bonds. The first-order chi connectivity index (χ1) is 8.42. The number of alkyl halides is 2. The van der Waals surface area contributed by atoms with Crippen LogP contribution in [0.1, 0.15) is 22.5 Å². The van der Waals surface area contributed by atoms with E-state index in [-0.39, 0.29) is 0 Å². The van der Waals surface area contributed by atoms with Crippen molar-refractivity contribution in [2.24, 2.45) is 0 Å². The Labute approximate surface area is 99.5 Å². The predicted octanol–water partition coefficient (Wildman–Crippen LogP) is 1.72. The maximum absolute atomic E-state index is 12.7. The van der Waals surface area contributed by atoms with Crippen LogP contribution >= 0.6 is 0 Å². The summed E-state index contributed by atoms with van der Waals surface area (Å²) < 4.78 is 34.3. The number of hydrogen-bond donors (Lipinski definition) is 0. The number of rotatable bonds is 4. The predicted molar refractivity (Wildman–Crippen MR) is 53.7 cm³/mol. The van der Waals surface area contributed by atoms with Crippen LogP contribution in [0.15, 0.2) is 6.07 Å². The molecule has 0 saturated carbocycles. The van der Waals surface area contributed by atoms with Crippen molar-refractivity contribution in [3.8, 4) is 5.88 Å². The van der Waals surface area contributed by atoms with Crippen molar-refractivity contribution in [3.05, 3.63) is 27.4 Å². The Kier molecular flexibility index (Phi) is 4.08. The normalized spacial score (nSPS) is 10.3. The molecule has 0 spiro atoms. The van der Waals surface area contributed by atoms with Crippen molar-refractivity contribution >= 4 is 11.7 Å². The first-order valence-corrected chi connectivity index (χ1v) is 4.52. The fourth-order valence-corrected chi connectivity index (χ4v) is 1.24. The SMILES string of the molecule is COC(=O)c1cc([N+](=O)[O-])c(C(F)F)c(OC)n1. The van der Waals surface area contributed by atoms with E-state index in [0.29, 0.717) is 6.07 Å². The zero-order valence-electron chi connectivity index (χ0n) is 9.35. The minimum absolute atomic E-state index is 0.481. The molecule has 0 N–H and O–H groups in total. The van der Waals surface area contributed by atoms with E-state index < -0.39 is 40.1 Å². The number of aromatic nitrogens is 1. The van der Waals surface area contributed by atoms with Gasteiger partial charge in [-0.25, -0.2) is 18.6 Å². The molecule has 0 aliphatic rings. The van der Waals surface area contributed by atoms with E-state index in [1.165, 1.54) is 0 Å². The van der Waals surface area contributed by atoms with Crippen molar-refractivity contribution in [1.29, 1.82) is 0 Å². The summed E-state index contributed by atoms with van der Waals surface area (Å²) in [5.41, 5.74) is -2.40. The van der Waals surface area contributed by atoms with Crippen molar-refractivity contribution in [1.82, 2.24) is 4.98 Å². The molecule has 0 aromatic carbocycles. The molecule has 9 heteroatoms. The van der Waals surface area contributed by atoms with Crippen LogP contribution in [0.3, 0.4) is 0 Å². The molecule has 0 atom stereocenters. The van der Waals surface area contributed by atoms with Crippen LogP contribution in [0, 0.1) is 10.1 Å². The highest BCUT2D eigenvalue weighted by molar-refractivity contribution is 5.88. The van der Waals surface area contributed by atoms with Gasteiger partial charge in [0, 0.05) is 6.07 Å². The fraction of sp³-hybridized carbons (Fsp3) is 0.333. The number of esters is 1. The molecule has 0 aliphatic heterocycles. The van der Waals surface area contributed by atoms with Crippen LogP contribution in [0.2, 0.25) is 0 Å². The third-order valence-corrected chi connectivity index (χ3v) is 2.00.